The standard InChI is InChI=1S/C10H13NO2S/c12-14(13)11-10-7-3-5-8-4-1-2-6-9(8)10/h1-2,4,6,10-11H,3,5,7H2,(H,12,13)/p-1. The van der Waals surface area contributed by atoms with Gasteiger partial charge in [-0.3, -0.25) is 4.21 Å². The van der Waals surface area contributed by atoms with Crippen LogP contribution in [0.3, 0.4) is 0 Å². The molecule has 1 aromatic rings. The van der Waals surface area contributed by atoms with Crippen LogP contribution in [0.5, 0.6) is 0 Å². The maximum atomic E-state index is 10.6. The van der Waals surface area contributed by atoms with Gasteiger partial charge in [0, 0.05) is 17.3 Å². The molecule has 1 aliphatic rings. The van der Waals surface area contributed by atoms with Gasteiger partial charge in [0.25, 0.3) is 0 Å². The maximum absolute atomic E-state index is 10.6. The monoisotopic (exact) mass is 210 g/mol. The van der Waals surface area contributed by atoms with E-state index in [0.29, 0.717) is 0 Å². The smallest absolute Gasteiger partial charge is 0.0436 e. The summed E-state index contributed by atoms with van der Waals surface area (Å²) in [5.74, 6) is 0. The van der Waals surface area contributed by atoms with Gasteiger partial charge in [-0.15, -0.1) is 0 Å². The van der Waals surface area contributed by atoms with E-state index >= 15 is 0 Å². The van der Waals surface area contributed by atoms with Crippen molar-refractivity contribution in [1.82, 2.24) is 4.72 Å². The SMILES string of the molecule is O=S([O-])NC1CCCc2ccccc21. The van der Waals surface area contributed by atoms with Gasteiger partial charge in [0.1, 0.15) is 0 Å². The second-order valence-electron chi connectivity index (χ2n) is 3.50. The fourth-order valence-electron chi connectivity index (χ4n) is 1.99. The third kappa shape index (κ3) is 2.03. The minimum Gasteiger partial charge on any atom is -0.760 e. The van der Waals surface area contributed by atoms with E-state index in [-0.39, 0.29) is 6.04 Å². The second kappa shape index (κ2) is 4.21. The van der Waals surface area contributed by atoms with E-state index in [1.807, 2.05) is 18.2 Å². The molecule has 3 nitrogen and oxygen atoms in total. The molecule has 0 fully saturated rings. The van der Waals surface area contributed by atoms with E-state index in [1.165, 1.54) is 5.56 Å². The van der Waals surface area contributed by atoms with E-state index in [4.69, 9.17) is 0 Å². The number of fused-ring (bicyclic) bond motifs is 1. The quantitative estimate of drug-likeness (QED) is 0.751. The van der Waals surface area contributed by atoms with Crippen LogP contribution >= 0.6 is 0 Å². The lowest BCUT2D eigenvalue weighted by Crippen LogP contribution is -2.26. The summed E-state index contributed by atoms with van der Waals surface area (Å²) < 4.78 is 23.7. The summed E-state index contributed by atoms with van der Waals surface area (Å²) in [4.78, 5) is 0. The van der Waals surface area contributed by atoms with Crippen LogP contribution in [-0.2, 0) is 17.7 Å². The molecular weight excluding hydrogens is 198 g/mol. The van der Waals surface area contributed by atoms with E-state index in [0.717, 1.165) is 24.8 Å². The van der Waals surface area contributed by atoms with Crippen molar-refractivity contribution in [3.05, 3.63) is 35.4 Å². The van der Waals surface area contributed by atoms with Crippen molar-refractivity contribution in [2.75, 3.05) is 0 Å². The molecule has 0 radical (unpaired) electrons. The van der Waals surface area contributed by atoms with Gasteiger partial charge in [0.2, 0.25) is 0 Å². The first-order valence-electron chi connectivity index (χ1n) is 4.70. The number of nitrogens with one attached hydrogen (secondary N) is 1. The molecule has 2 unspecified atom stereocenters. The minimum atomic E-state index is -2.17. The molecule has 1 aromatic carbocycles. The number of hydrogen-bond acceptors (Lipinski definition) is 2. The van der Waals surface area contributed by atoms with Gasteiger partial charge < -0.3 is 4.55 Å². The Kier molecular flexibility index (Phi) is 2.96. The minimum absolute atomic E-state index is 0.0294. The van der Waals surface area contributed by atoms with Gasteiger partial charge in [-0.1, -0.05) is 24.3 Å². The highest BCUT2D eigenvalue weighted by Gasteiger charge is 2.18. The molecule has 76 valence electrons. The largest absolute Gasteiger partial charge is 0.760 e. The van der Waals surface area contributed by atoms with Gasteiger partial charge in [0.05, 0.1) is 0 Å². The van der Waals surface area contributed by atoms with E-state index < -0.39 is 11.3 Å². The van der Waals surface area contributed by atoms with Crippen molar-refractivity contribution in [2.24, 2.45) is 0 Å². The van der Waals surface area contributed by atoms with Crippen LogP contribution in [0.1, 0.15) is 30.0 Å². The summed E-state index contributed by atoms with van der Waals surface area (Å²) in [6.07, 6.45) is 3.00. The molecule has 0 spiro atoms. The Bertz CT molecular complexity index is 354. The predicted molar refractivity (Wildman–Crippen MR) is 54.2 cm³/mol. The van der Waals surface area contributed by atoms with Gasteiger partial charge in [-0.2, -0.15) is 0 Å². The number of benzene rings is 1. The van der Waals surface area contributed by atoms with Crippen molar-refractivity contribution < 1.29 is 8.76 Å². The second-order valence-corrected chi connectivity index (χ2v) is 4.20. The van der Waals surface area contributed by atoms with Gasteiger partial charge in [-0.25, -0.2) is 4.72 Å². The van der Waals surface area contributed by atoms with Crippen LogP contribution in [0.15, 0.2) is 24.3 Å². The number of rotatable bonds is 2. The maximum Gasteiger partial charge on any atom is 0.0436 e. The molecule has 0 saturated heterocycles. The molecule has 0 aliphatic heterocycles. The lowest BCUT2D eigenvalue weighted by molar-refractivity contribution is 0.479. The Labute approximate surface area is 85.9 Å². The fourth-order valence-corrected chi connectivity index (χ4v) is 2.47. The normalized spacial score (nSPS) is 22.8. The summed E-state index contributed by atoms with van der Waals surface area (Å²) in [5, 5.41) is 0. The van der Waals surface area contributed by atoms with Crippen molar-refractivity contribution >= 4 is 11.3 Å². The first-order valence-corrected chi connectivity index (χ1v) is 5.78. The predicted octanol–water partition coefficient (Wildman–Crippen LogP) is 1.45. The lowest BCUT2D eigenvalue weighted by atomic mass is 9.88. The molecule has 2 rings (SSSR count). The van der Waals surface area contributed by atoms with Crippen LogP contribution in [0, 0.1) is 0 Å². The molecule has 1 N–H and O–H groups in total. The molecule has 2 atom stereocenters. The molecule has 0 amide bonds. The van der Waals surface area contributed by atoms with E-state index in [9.17, 15) is 8.76 Å². The molecule has 14 heavy (non-hydrogen) atoms. The third-order valence-electron chi connectivity index (χ3n) is 2.61. The van der Waals surface area contributed by atoms with Gasteiger partial charge in [-0.05, 0) is 30.4 Å². The zero-order valence-electron chi connectivity index (χ0n) is 7.73. The summed E-state index contributed by atoms with van der Waals surface area (Å²) in [6.45, 7) is 0. The van der Waals surface area contributed by atoms with Crippen LogP contribution in [0.2, 0.25) is 0 Å². The zero-order valence-corrected chi connectivity index (χ0v) is 8.55. The van der Waals surface area contributed by atoms with Crippen molar-refractivity contribution in [2.45, 2.75) is 25.3 Å². The summed E-state index contributed by atoms with van der Waals surface area (Å²) in [7, 11) is 0. The lowest BCUT2D eigenvalue weighted by Gasteiger charge is -2.26. The topological polar surface area (TPSA) is 52.2 Å². The fraction of sp³-hybridized carbons (Fsp3) is 0.400. The molecule has 0 aromatic heterocycles. The van der Waals surface area contributed by atoms with Crippen molar-refractivity contribution in [3.8, 4) is 0 Å². The highest BCUT2D eigenvalue weighted by Crippen LogP contribution is 2.29. The first kappa shape index (κ1) is 9.83. The summed E-state index contributed by atoms with van der Waals surface area (Å²) >= 11 is -2.17. The Hall–Kier alpha value is -0.710. The highest BCUT2D eigenvalue weighted by atomic mass is 32.2. The third-order valence-corrected chi connectivity index (χ3v) is 3.08. The first-order chi connectivity index (χ1) is 6.77. The average molecular weight is 210 g/mol. The molecule has 0 saturated carbocycles. The Morgan fingerprint density at radius 1 is 1.43 bits per heavy atom. The number of aryl methyl sites for hydroxylation is 1. The van der Waals surface area contributed by atoms with Crippen molar-refractivity contribution in [1.29, 1.82) is 0 Å². The Morgan fingerprint density at radius 3 is 3.00 bits per heavy atom. The van der Waals surface area contributed by atoms with Gasteiger partial charge in [0.15, 0.2) is 0 Å². The summed E-state index contributed by atoms with van der Waals surface area (Å²) in [6, 6.07) is 7.98. The molecular formula is C10H12NO2S-. The molecule has 0 heterocycles. The number of hydrogen-bond donors (Lipinski definition) is 1. The van der Waals surface area contributed by atoms with Crippen LogP contribution in [0.4, 0.5) is 0 Å². The molecule has 0 bridgehead atoms. The van der Waals surface area contributed by atoms with Crippen LogP contribution < -0.4 is 4.72 Å². The van der Waals surface area contributed by atoms with E-state index in [1.54, 1.807) is 0 Å². The van der Waals surface area contributed by atoms with Gasteiger partial charge >= 0.3 is 0 Å². The summed E-state index contributed by atoms with van der Waals surface area (Å²) in [5.41, 5.74) is 2.39. The highest BCUT2D eigenvalue weighted by molar-refractivity contribution is 7.77. The molecule has 1 aliphatic carbocycles. The molecule has 4 heteroatoms. The van der Waals surface area contributed by atoms with E-state index in [2.05, 4.69) is 10.8 Å². The Balaban J connectivity index is 2.26. The zero-order chi connectivity index (χ0) is 9.97. The van der Waals surface area contributed by atoms with Crippen molar-refractivity contribution in [3.63, 3.8) is 0 Å². The van der Waals surface area contributed by atoms with Crippen LogP contribution in [0.25, 0.3) is 0 Å². The van der Waals surface area contributed by atoms with Crippen LogP contribution in [-0.4, -0.2) is 8.76 Å². The average Bonchev–Trinajstić information content (AvgIpc) is 2.18. The Morgan fingerprint density at radius 2 is 2.21 bits per heavy atom.